The molecule has 0 atom stereocenters. The fraction of sp³-hybridized carbons (Fsp3) is 0.190. The highest BCUT2D eigenvalue weighted by Gasteiger charge is 2.18. The summed E-state index contributed by atoms with van der Waals surface area (Å²) in [6, 6.07) is 13.6. The van der Waals surface area contributed by atoms with Gasteiger partial charge in [0.2, 0.25) is 0 Å². The van der Waals surface area contributed by atoms with Crippen LogP contribution in [0.4, 0.5) is 15.8 Å². The molecule has 30 heavy (non-hydrogen) atoms. The monoisotopic (exact) mass is 472 g/mol. The largest absolute Gasteiger partial charge is 0.378 e. The first kappa shape index (κ1) is 20.2. The first-order valence-corrected chi connectivity index (χ1v) is 10.1. The summed E-state index contributed by atoms with van der Waals surface area (Å²) in [5.74, 6) is -0.885. The van der Waals surface area contributed by atoms with Crippen LogP contribution in [0.3, 0.4) is 0 Å². The lowest BCUT2D eigenvalue weighted by molar-refractivity contribution is 0.102. The number of rotatable bonds is 4. The van der Waals surface area contributed by atoms with Crippen LogP contribution in [0, 0.1) is 5.82 Å². The maximum atomic E-state index is 13.2. The third kappa shape index (κ3) is 4.42. The van der Waals surface area contributed by atoms with Gasteiger partial charge in [0.1, 0.15) is 11.5 Å². The lowest BCUT2D eigenvalue weighted by Gasteiger charge is -2.30. The standard InChI is InChI=1S/C21H18BrFN4O3/c22-14-1-7-19(26-9-11-30-12-10-26)18(13-14)24-21(29)17-6-8-20(28)27(25-17)16-4-2-15(23)3-5-16/h1-8,13H,9-12H2,(H,24,29). The summed E-state index contributed by atoms with van der Waals surface area (Å²) >= 11 is 3.44. The maximum Gasteiger partial charge on any atom is 0.276 e. The van der Waals surface area contributed by atoms with Gasteiger partial charge < -0.3 is 15.0 Å². The molecule has 1 aliphatic heterocycles. The van der Waals surface area contributed by atoms with Crippen LogP contribution in [0.2, 0.25) is 0 Å². The zero-order valence-electron chi connectivity index (χ0n) is 15.8. The maximum absolute atomic E-state index is 13.2. The molecule has 0 bridgehead atoms. The van der Waals surface area contributed by atoms with Crippen molar-refractivity contribution in [2.45, 2.75) is 0 Å². The number of halogens is 2. The number of ether oxygens (including phenoxy) is 1. The fourth-order valence-corrected chi connectivity index (χ4v) is 3.54. The SMILES string of the molecule is O=C(Nc1cc(Br)ccc1N1CCOCC1)c1ccc(=O)n(-c2ccc(F)cc2)n1. The first-order chi connectivity index (χ1) is 14.5. The normalized spacial score (nSPS) is 13.9. The van der Waals surface area contributed by atoms with Gasteiger partial charge in [-0.2, -0.15) is 9.78 Å². The van der Waals surface area contributed by atoms with Crippen molar-refractivity contribution in [1.29, 1.82) is 0 Å². The average Bonchev–Trinajstić information content (AvgIpc) is 2.75. The molecule has 1 aliphatic rings. The second kappa shape index (κ2) is 8.76. The Morgan fingerprint density at radius 3 is 2.53 bits per heavy atom. The van der Waals surface area contributed by atoms with E-state index in [1.54, 1.807) is 0 Å². The quantitative estimate of drug-likeness (QED) is 0.630. The highest BCUT2D eigenvalue weighted by Crippen LogP contribution is 2.30. The van der Waals surface area contributed by atoms with E-state index < -0.39 is 17.3 Å². The number of carbonyl (C=O) groups excluding carboxylic acids is 1. The highest BCUT2D eigenvalue weighted by molar-refractivity contribution is 9.10. The van der Waals surface area contributed by atoms with Crippen LogP contribution in [-0.2, 0) is 4.74 Å². The van der Waals surface area contributed by atoms with Crippen LogP contribution in [0.25, 0.3) is 5.69 Å². The Hall–Kier alpha value is -3.04. The van der Waals surface area contributed by atoms with E-state index in [4.69, 9.17) is 4.74 Å². The number of amides is 1. The molecular formula is C21H18BrFN4O3. The zero-order chi connectivity index (χ0) is 21.1. The van der Waals surface area contributed by atoms with Crippen LogP contribution in [0.1, 0.15) is 10.5 Å². The van der Waals surface area contributed by atoms with Gasteiger partial charge in [-0.15, -0.1) is 0 Å². The van der Waals surface area contributed by atoms with Gasteiger partial charge in [0.05, 0.1) is 30.3 Å². The predicted molar refractivity (Wildman–Crippen MR) is 115 cm³/mol. The van der Waals surface area contributed by atoms with Crippen LogP contribution >= 0.6 is 15.9 Å². The van der Waals surface area contributed by atoms with Crippen LogP contribution in [0.5, 0.6) is 0 Å². The average molecular weight is 473 g/mol. The third-order valence-electron chi connectivity index (χ3n) is 4.66. The van der Waals surface area contributed by atoms with Gasteiger partial charge in [-0.1, -0.05) is 15.9 Å². The number of hydrogen-bond acceptors (Lipinski definition) is 5. The molecule has 9 heteroatoms. The molecule has 0 saturated carbocycles. The van der Waals surface area contributed by atoms with Crippen molar-refractivity contribution in [3.8, 4) is 5.69 Å². The number of morpholine rings is 1. The van der Waals surface area contributed by atoms with Crippen molar-refractivity contribution in [3.63, 3.8) is 0 Å². The number of carbonyl (C=O) groups is 1. The number of benzene rings is 2. The van der Waals surface area contributed by atoms with Gasteiger partial charge >= 0.3 is 0 Å². The van der Waals surface area contributed by atoms with Crippen molar-refractivity contribution < 1.29 is 13.9 Å². The summed E-state index contributed by atoms with van der Waals surface area (Å²) in [6.07, 6.45) is 0. The summed E-state index contributed by atoms with van der Waals surface area (Å²) in [6.45, 7) is 2.68. The molecule has 0 spiro atoms. The minimum atomic E-state index is -0.460. The topological polar surface area (TPSA) is 76.5 Å². The van der Waals surface area contributed by atoms with E-state index in [-0.39, 0.29) is 5.69 Å². The van der Waals surface area contributed by atoms with E-state index in [1.165, 1.54) is 36.4 Å². The second-order valence-corrected chi connectivity index (χ2v) is 7.58. The van der Waals surface area contributed by atoms with Gasteiger partial charge in [-0.3, -0.25) is 9.59 Å². The minimum Gasteiger partial charge on any atom is -0.378 e. The molecule has 2 aromatic carbocycles. The minimum absolute atomic E-state index is 0.0619. The predicted octanol–water partition coefficient (Wildman–Crippen LogP) is 3.22. The first-order valence-electron chi connectivity index (χ1n) is 9.31. The summed E-state index contributed by atoms with van der Waals surface area (Å²) in [5.41, 5.74) is 1.51. The lowest BCUT2D eigenvalue weighted by atomic mass is 10.2. The lowest BCUT2D eigenvalue weighted by Crippen LogP contribution is -2.36. The Balaban J connectivity index is 1.63. The Kier molecular flexibility index (Phi) is 5.91. The third-order valence-corrected chi connectivity index (χ3v) is 5.16. The van der Waals surface area contributed by atoms with E-state index in [2.05, 4.69) is 31.2 Å². The molecule has 1 fully saturated rings. The van der Waals surface area contributed by atoms with Gasteiger partial charge in [0.15, 0.2) is 0 Å². The van der Waals surface area contributed by atoms with E-state index in [0.717, 1.165) is 27.9 Å². The van der Waals surface area contributed by atoms with E-state index in [9.17, 15) is 14.0 Å². The van der Waals surface area contributed by atoms with Crippen molar-refractivity contribution in [2.75, 3.05) is 36.5 Å². The Morgan fingerprint density at radius 1 is 1.07 bits per heavy atom. The number of nitrogens with one attached hydrogen (secondary N) is 1. The van der Waals surface area contributed by atoms with Crippen molar-refractivity contribution in [1.82, 2.24) is 9.78 Å². The van der Waals surface area contributed by atoms with Crippen LogP contribution in [0.15, 0.2) is 63.9 Å². The van der Waals surface area contributed by atoms with E-state index in [1.807, 2.05) is 18.2 Å². The fourth-order valence-electron chi connectivity index (χ4n) is 3.17. The Morgan fingerprint density at radius 2 is 1.80 bits per heavy atom. The molecule has 1 saturated heterocycles. The summed E-state index contributed by atoms with van der Waals surface area (Å²) < 4.78 is 20.5. The zero-order valence-corrected chi connectivity index (χ0v) is 17.4. The van der Waals surface area contributed by atoms with Gasteiger partial charge in [-0.05, 0) is 48.5 Å². The Bertz CT molecular complexity index is 1130. The Labute approximate surface area is 180 Å². The van der Waals surface area contributed by atoms with E-state index in [0.29, 0.717) is 24.6 Å². The van der Waals surface area contributed by atoms with Crippen LogP contribution < -0.4 is 15.8 Å². The number of hydrogen-bond donors (Lipinski definition) is 1. The van der Waals surface area contributed by atoms with Crippen molar-refractivity contribution in [2.24, 2.45) is 0 Å². The summed E-state index contributed by atoms with van der Waals surface area (Å²) in [5, 5.41) is 7.04. The molecule has 1 amide bonds. The number of nitrogens with zero attached hydrogens (tertiary/aromatic N) is 3. The molecule has 4 rings (SSSR count). The number of aromatic nitrogens is 2. The molecule has 0 unspecified atom stereocenters. The molecular weight excluding hydrogens is 455 g/mol. The van der Waals surface area contributed by atoms with Crippen molar-refractivity contribution >= 4 is 33.2 Å². The van der Waals surface area contributed by atoms with Crippen LogP contribution in [-0.4, -0.2) is 42.0 Å². The molecule has 7 nitrogen and oxygen atoms in total. The van der Waals surface area contributed by atoms with E-state index >= 15 is 0 Å². The highest BCUT2D eigenvalue weighted by atomic mass is 79.9. The molecule has 1 N–H and O–H groups in total. The smallest absolute Gasteiger partial charge is 0.276 e. The second-order valence-electron chi connectivity index (χ2n) is 6.66. The van der Waals surface area contributed by atoms with Gasteiger partial charge in [0, 0.05) is 23.6 Å². The molecule has 2 heterocycles. The van der Waals surface area contributed by atoms with Gasteiger partial charge in [0.25, 0.3) is 11.5 Å². The molecule has 154 valence electrons. The molecule has 0 aliphatic carbocycles. The molecule has 3 aromatic rings. The molecule has 1 aromatic heterocycles. The number of anilines is 2. The summed E-state index contributed by atoms with van der Waals surface area (Å²) in [4.78, 5) is 27.2. The summed E-state index contributed by atoms with van der Waals surface area (Å²) in [7, 11) is 0. The molecule has 0 radical (unpaired) electrons. The van der Waals surface area contributed by atoms with Crippen molar-refractivity contribution in [3.05, 3.63) is 80.9 Å². The van der Waals surface area contributed by atoms with Gasteiger partial charge in [-0.25, -0.2) is 4.39 Å².